The normalized spacial score (nSPS) is 18.3. The maximum atomic E-state index is 12.1. The van der Waals surface area contributed by atoms with Gasteiger partial charge in [-0.3, -0.25) is 4.79 Å². The van der Waals surface area contributed by atoms with E-state index in [0.29, 0.717) is 19.0 Å². The molecule has 0 radical (unpaired) electrons. The third-order valence-electron chi connectivity index (χ3n) is 3.16. The molecule has 1 aromatic heterocycles. The van der Waals surface area contributed by atoms with Crippen LogP contribution in [0.15, 0.2) is 12.4 Å². The molecule has 1 aliphatic heterocycles. The molecule has 5 heteroatoms. The minimum absolute atomic E-state index is 0.0511. The summed E-state index contributed by atoms with van der Waals surface area (Å²) in [5, 5.41) is 9.21. The van der Waals surface area contributed by atoms with Gasteiger partial charge in [0, 0.05) is 31.4 Å². The van der Waals surface area contributed by atoms with E-state index in [0.717, 1.165) is 5.82 Å². The molecule has 0 bridgehead atoms. The van der Waals surface area contributed by atoms with Gasteiger partial charge in [-0.2, -0.15) is 0 Å². The van der Waals surface area contributed by atoms with Crippen molar-refractivity contribution in [3.05, 3.63) is 18.2 Å². The Kier molecular flexibility index (Phi) is 3.19. The monoisotopic (exact) mass is 237 g/mol. The fourth-order valence-corrected chi connectivity index (χ4v) is 2.12. The molecule has 2 heterocycles. The molecule has 1 aromatic rings. The van der Waals surface area contributed by atoms with Crippen LogP contribution in [-0.4, -0.2) is 44.7 Å². The fraction of sp³-hybridized carbons (Fsp3) is 0.667. The number of hydrogen-bond acceptors (Lipinski definition) is 3. The van der Waals surface area contributed by atoms with Gasteiger partial charge in [0.05, 0.1) is 6.10 Å². The molecule has 1 saturated heterocycles. The van der Waals surface area contributed by atoms with Crippen molar-refractivity contribution in [2.24, 2.45) is 0 Å². The van der Waals surface area contributed by atoms with Gasteiger partial charge in [-0.25, -0.2) is 4.98 Å². The summed E-state index contributed by atoms with van der Waals surface area (Å²) in [7, 11) is 0. The van der Waals surface area contributed by atoms with Crippen LogP contribution in [0.2, 0.25) is 0 Å². The van der Waals surface area contributed by atoms with Crippen LogP contribution in [0.5, 0.6) is 0 Å². The Morgan fingerprint density at radius 3 is 2.65 bits per heavy atom. The van der Waals surface area contributed by atoms with Crippen LogP contribution in [-0.2, 0) is 4.79 Å². The highest BCUT2D eigenvalue weighted by molar-refractivity contribution is 5.81. The Bertz CT molecular complexity index is 408. The molecule has 0 aliphatic carbocycles. The van der Waals surface area contributed by atoms with E-state index in [4.69, 9.17) is 0 Å². The first kappa shape index (κ1) is 12.1. The predicted octanol–water partition coefficient (Wildman–Crippen LogP) is 0.771. The summed E-state index contributed by atoms with van der Waals surface area (Å²) in [6.07, 6.45) is 3.22. The zero-order valence-electron chi connectivity index (χ0n) is 10.5. The van der Waals surface area contributed by atoms with Crippen molar-refractivity contribution >= 4 is 5.91 Å². The van der Waals surface area contributed by atoms with E-state index in [1.165, 1.54) is 0 Å². The lowest BCUT2D eigenvalue weighted by Gasteiger charge is -2.37. The number of nitrogens with zero attached hydrogens (tertiary/aromatic N) is 3. The second kappa shape index (κ2) is 4.49. The van der Waals surface area contributed by atoms with Crippen molar-refractivity contribution in [1.82, 2.24) is 14.5 Å². The Labute approximate surface area is 101 Å². The number of hydrogen-bond donors (Lipinski definition) is 1. The Hall–Kier alpha value is -1.36. The largest absolute Gasteiger partial charge is 0.389 e. The lowest BCUT2D eigenvalue weighted by atomic mass is 10.1. The number of carbonyl (C=O) groups excluding carboxylic acids is 1. The highest BCUT2D eigenvalue weighted by atomic mass is 16.3. The molecule has 1 N–H and O–H groups in total. The smallest absolute Gasteiger partial charge is 0.245 e. The fourth-order valence-electron chi connectivity index (χ4n) is 2.12. The molecule has 17 heavy (non-hydrogen) atoms. The molecule has 0 aromatic carbocycles. The van der Waals surface area contributed by atoms with Crippen LogP contribution in [0.1, 0.15) is 38.6 Å². The summed E-state index contributed by atoms with van der Waals surface area (Å²) in [6, 6.07) is -0.248. The topological polar surface area (TPSA) is 58.4 Å². The van der Waals surface area contributed by atoms with Crippen LogP contribution < -0.4 is 0 Å². The highest BCUT2D eigenvalue weighted by Crippen LogP contribution is 2.21. The average Bonchev–Trinajstić information content (AvgIpc) is 2.71. The zero-order chi connectivity index (χ0) is 12.6. The molecule has 1 fully saturated rings. The number of amides is 1. The summed E-state index contributed by atoms with van der Waals surface area (Å²) >= 11 is 0. The van der Waals surface area contributed by atoms with Crippen LogP contribution in [0.4, 0.5) is 0 Å². The SMILES string of the molecule is CC(C)c1nccn1[C@H](C)C(=O)N1CC(O)C1. The van der Waals surface area contributed by atoms with Crippen molar-refractivity contribution in [2.45, 2.75) is 38.8 Å². The number of rotatable bonds is 3. The zero-order valence-corrected chi connectivity index (χ0v) is 10.5. The van der Waals surface area contributed by atoms with E-state index in [1.54, 1.807) is 11.1 Å². The number of likely N-dealkylation sites (tertiary alicyclic amines) is 1. The van der Waals surface area contributed by atoms with Gasteiger partial charge in [0.25, 0.3) is 0 Å². The molecule has 1 aliphatic rings. The maximum absolute atomic E-state index is 12.1. The first-order valence-electron chi connectivity index (χ1n) is 6.00. The maximum Gasteiger partial charge on any atom is 0.245 e. The van der Waals surface area contributed by atoms with E-state index in [2.05, 4.69) is 18.8 Å². The summed E-state index contributed by atoms with van der Waals surface area (Å²) in [5.74, 6) is 1.27. The quantitative estimate of drug-likeness (QED) is 0.844. The van der Waals surface area contributed by atoms with Crippen molar-refractivity contribution in [3.63, 3.8) is 0 Å². The summed E-state index contributed by atoms with van der Waals surface area (Å²) < 4.78 is 1.91. The van der Waals surface area contributed by atoms with E-state index >= 15 is 0 Å². The number of aliphatic hydroxyl groups is 1. The minimum atomic E-state index is -0.349. The molecule has 2 rings (SSSR count). The first-order valence-corrected chi connectivity index (χ1v) is 6.00. The van der Waals surface area contributed by atoms with Gasteiger partial charge in [0.2, 0.25) is 5.91 Å². The Morgan fingerprint density at radius 1 is 1.47 bits per heavy atom. The minimum Gasteiger partial charge on any atom is -0.389 e. The second-order valence-electron chi connectivity index (χ2n) is 4.92. The van der Waals surface area contributed by atoms with Crippen LogP contribution in [0, 0.1) is 0 Å². The summed E-state index contributed by atoms with van der Waals surface area (Å²) in [4.78, 5) is 18.1. The number of aliphatic hydroxyl groups excluding tert-OH is 1. The van der Waals surface area contributed by atoms with Gasteiger partial charge < -0.3 is 14.6 Å². The molecule has 0 unspecified atom stereocenters. The van der Waals surface area contributed by atoms with Crippen LogP contribution >= 0.6 is 0 Å². The van der Waals surface area contributed by atoms with E-state index in [9.17, 15) is 9.90 Å². The first-order chi connectivity index (χ1) is 8.00. The van der Waals surface area contributed by atoms with Crippen LogP contribution in [0.25, 0.3) is 0 Å². The van der Waals surface area contributed by atoms with E-state index < -0.39 is 0 Å². The number of aromatic nitrogens is 2. The predicted molar refractivity (Wildman–Crippen MR) is 63.6 cm³/mol. The molecular formula is C12H19N3O2. The van der Waals surface area contributed by atoms with Gasteiger partial charge in [-0.1, -0.05) is 13.8 Å². The van der Waals surface area contributed by atoms with Gasteiger partial charge >= 0.3 is 0 Å². The van der Waals surface area contributed by atoms with Crippen molar-refractivity contribution in [3.8, 4) is 0 Å². The van der Waals surface area contributed by atoms with Gasteiger partial charge in [0.15, 0.2) is 0 Å². The number of β-amino-alcohol motifs (C(OH)–C–C–N with tert-alkyl or cyclic N) is 1. The van der Waals surface area contributed by atoms with E-state index in [1.807, 2.05) is 17.7 Å². The van der Waals surface area contributed by atoms with Crippen molar-refractivity contribution < 1.29 is 9.90 Å². The summed E-state index contributed by atoms with van der Waals surface area (Å²) in [5.41, 5.74) is 0. The number of imidazole rings is 1. The summed E-state index contributed by atoms with van der Waals surface area (Å²) in [6.45, 7) is 6.90. The Balaban J connectivity index is 2.11. The van der Waals surface area contributed by atoms with Gasteiger partial charge in [0.1, 0.15) is 11.9 Å². The third kappa shape index (κ3) is 2.20. The highest BCUT2D eigenvalue weighted by Gasteiger charge is 2.32. The molecule has 1 atom stereocenters. The Morgan fingerprint density at radius 2 is 2.12 bits per heavy atom. The van der Waals surface area contributed by atoms with Gasteiger partial charge in [-0.15, -0.1) is 0 Å². The second-order valence-corrected chi connectivity index (χ2v) is 4.92. The average molecular weight is 237 g/mol. The molecule has 1 amide bonds. The van der Waals surface area contributed by atoms with E-state index in [-0.39, 0.29) is 18.1 Å². The molecule has 94 valence electrons. The van der Waals surface area contributed by atoms with Crippen molar-refractivity contribution in [1.29, 1.82) is 0 Å². The molecular weight excluding hydrogens is 218 g/mol. The molecule has 0 saturated carbocycles. The third-order valence-corrected chi connectivity index (χ3v) is 3.16. The molecule has 0 spiro atoms. The van der Waals surface area contributed by atoms with Crippen molar-refractivity contribution in [2.75, 3.05) is 13.1 Å². The molecule has 5 nitrogen and oxygen atoms in total. The lowest BCUT2D eigenvalue weighted by Crippen LogP contribution is -2.55. The standard InChI is InChI=1S/C12H19N3O2/c1-8(2)11-13-4-5-15(11)9(3)12(17)14-6-10(16)7-14/h4-5,8-10,16H,6-7H2,1-3H3/t9-/m1/s1. The van der Waals surface area contributed by atoms with Gasteiger partial charge in [-0.05, 0) is 6.92 Å². The van der Waals surface area contributed by atoms with Crippen LogP contribution in [0.3, 0.4) is 0 Å². The lowest BCUT2D eigenvalue weighted by molar-refractivity contribution is -0.144. The number of carbonyl (C=O) groups is 1.